The second-order valence-corrected chi connectivity index (χ2v) is 4.41. The molecule has 0 spiro atoms. The maximum Gasteiger partial charge on any atom is 0.0614 e. The van der Waals surface area contributed by atoms with Crippen molar-refractivity contribution in [3.8, 4) is 0 Å². The van der Waals surface area contributed by atoms with Crippen LogP contribution in [-0.4, -0.2) is 13.6 Å². The second kappa shape index (κ2) is 5.47. The van der Waals surface area contributed by atoms with Gasteiger partial charge in [-0.05, 0) is 18.6 Å². The number of hydrogen-bond donors (Lipinski definition) is 1. The first-order valence-corrected chi connectivity index (χ1v) is 5.77. The highest BCUT2D eigenvalue weighted by Gasteiger charge is 2.08. The predicted molar refractivity (Wildman–Crippen MR) is 69.1 cm³/mol. The molecule has 0 saturated heterocycles. The Morgan fingerprint density at radius 2 is 1.87 bits per heavy atom. The van der Waals surface area contributed by atoms with E-state index in [0.717, 1.165) is 25.1 Å². The lowest BCUT2D eigenvalue weighted by atomic mass is 10.2. The van der Waals surface area contributed by atoms with E-state index in [1.807, 2.05) is 13.1 Å². The zero-order valence-corrected chi connectivity index (χ0v) is 10.6. The van der Waals surface area contributed by atoms with Crippen LogP contribution in [-0.2, 0) is 0 Å². The third-order valence-corrected chi connectivity index (χ3v) is 3.05. The van der Waals surface area contributed by atoms with E-state index in [1.165, 1.54) is 0 Å². The quantitative estimate of drug-likeness (QED) is 0.819. The van der Waals surface area contributed by atoms with Crippen molar-refractivity contribution in [3.63, 3.8) is 0 Å². The number of nitrogens with two attached hydrogens (primary N) is 1. The third-order valence-electron chi connectivity index (χ3n) is 2.33. The van der Waals surface area contributed by atoms with Crippen LogP contribution in [0.3, 0.4) is 0 Å². The van der Waals surface area contributed by atoms with Gasteiger partial charge in [-0.15, -0.1) is 0 Å². The van der Waals surface area contributed by atoms with Crippen LogP contribution in [0.25, 0.3) is 0 Å². The van der Waals surface area contributed by atoms with Gasteiger partial charge in [-0.3, -0.25) is 0 Å². The summed E-state index contributed by atoms with van der Waals surface area (Å²) in [5.74, 6) is 0. The molecule has 0 saturated carbocycles. The lowest BCUT2D eigenvalue weighted by Gasteiger charge is -2.21. The highest BCUT2D eigenvalue weighted by atomic mass is 35.5. The van der Waals surface area contributed by atoms with Gasteiger partial charge in [0.2, 0.25) is 0 Å². The van der Waals surface area contributed by atoms with Gasteiger partial charge in [-0.1, -0.05) is 36.5 Å². The van der Waals surface area contributed by atoms with Crippen LogP contribution in [0.2, 0.25) is 10.0 Å². The predicted octanol–water partition coefficient (Wildman–Crippen LogP) is 3.81. The number of benzene rings is 1. The van der Waals surface area contributed by atoms with Gasteiger partial charge in [0, 0.05) is 13.6 Å². The van der Waals surface area contributed by atoms with E-state index >= 15 is 0 Å². The molecule has 0 bridgehead atoms. The maximum atomic E-state index is 5.95. The first-order valence-electron chi connectivity index (χ1n) is 5.02. The molecule has 2 N–H and O–H groups in total. The Morgan fingerprint density at radius 3 is 2.47 bits per heavy atom. The molecule has 0 unspecified atom stereocenters. The normalized spacial score (nSPS) is 10.4. The van der Waals surface area contributed by atoms with Crippen LogP contribution in [0.4, 0.5) is 11.4 Å². The number of anilines is 2. The van der Waals surface area contributed by atoms with Crippen LogP contribution in [0.1, 0.15) is 19.8 Å². The van der Waals surface area contributed by atoms with Gasteiger partial charge in [0.05, 0.1) is 21.4 Å². The zero-order chi connectivity index (χ0) is 11.4. The Labute approximate surface area is 101 Å². The molecular weight excluding hydrogens is 231 g/mol. The van der Waals surface area contributed by atoms with Crippen molar-refractivity contribution in [1.82, 2.24) is 0 Å². The van der Waals surface area contributed by atoms with Crippen LogP contribution in [0, 0.1) is 0 Å². The molecular formula is C11H16Cl2N2. The molecule has 0 aromatic heterocycles. The Balaban J connectivity index is 2.88. The van der Waals surface area contributed by atoms with Crippen molar-refractivity contribution < 1.29 is 0 Å². The summed E-state index contributed by atoms with van der Waals surface area (Å²) in [5.41, 5.74) is 7.49. The molecule has 1 aromatic rings. The number of unbranched alkanes of at least 4 members (excludes halogenated alkanes) is 1. The molecule has 0 radical (unpaired) electrons. The molecule has 1 rings (SSSR count). The average Bonchev–Trinajstić information content (AvgIpc) is 2.20. The molecule has 0 heterocycles. The molecule has 0 atom stereocenters. The van der Waals surface area contributed by atoms with E-state index in [4.69, 9.17) is 28.9 Å². The number of hydrogen-bond acceptors (Lipinski definition) is 2. The van der Waals surface area contributed by atoms with E-state index in [2.05, 4.69) is 11.8 Å². The molecule has 0 fully saturated rings. The fourth-order valence-electron chi connectivity index (χ4n) is 1.40. The fraction of sp³-hybridized carbons (Fsp3) is 0.455. The topological polar surface area (TPSA) is 29.3 Å². The molecule has 15 heavy (non-hydrogen) atoms. The third kappa shape index (κ3) is 3.18. The van der Waals surface area contributed by atoms with Crippen LogP contribution in [0.5, 0.6) is 0 Å². The number of nitrogen functional groups attached to an aromatic ring is 1. The molecule has 0 amide bonds. The Kier molecular flexibility index (Phi) is 4.55. The van der Waals surface area contributed by atoms with E-state index in [0.29, 0.717) is 15.7 Å². The van der Waals surface area contributed by atoms with Gasteiger partial charge < -0.3 is 10.6 Å². The van der Waals surface area contributed by atoms with Gasteiger partial charge in [-0.2, -0.15) is 0 Å². The summed E-state index contributed by atoms with van der Waals surface area (Å²) in [4.78, 5) is 2.10. The smallest absolute Gasteiger partial charge is 0.0614 e. The van der Waals surface area contributed by atoms with Crippen molar-refractivity contribution in [2.75, 3.05) is 24.2 Å². The van der Waals surface area contributed by atoms with Crippen molar-refractivity contribution >= 4 is 34.6 Å². The SMILES string of the molecule is CCCCN(C)c1cc(Cl)c(Cl)cc1N. The molecule has 4 heteroatoms. The van der Waals surface area contributed by atoms with E-state index in [1.54, 1.807) is 6.07 Å². The molecule has 84 valence electrons. The highest BCUT2D eigenvalue weighted by molar-refractivity contribution is 6.42. The zero-order valence-electron chi connectivity index (χ0n) is 9.06. The molecule has 2 nitrogen and oxygen atoms in total. The van der Waals surface area contributed by atoms with Crippen molar-refractivity contribution in [1.29, 1.82) is 0 Å². The van der Waals surface area contributed by atoms with Gasteiger partial charge >= 0.3 is 0 Å². The van der Waals surface area contributed by atoms with E-state index in [-0.39, 0.29) is 0 Å². The summed E-state index contributed by atoms with van der Waals surface area (Å²) in [5, 5.41) is 1.05. The lowest BCUT2D eigenvalue weighted by Crippen LogP contribution is -2.19. The summed E-state index contributed by atoms with van der Waals surface area (Å²) >= 11 is 11.8. The highest BCUT2D eigenvalue weighted by Crippen LogP contribution is 2.32. The minimum atomic E-state index is 0.502. The molecule has 0 aliphatic rings. The Hall–Kier alpha value is -0.600. The van der Waals surface area contributed by atoms with Crippen molar-refractivity contribution in [2.24, 2.45) is 0 Å². The van der Waals surface area contributed by atoms with Crippen LogP contribution < -0.4 is 10.6 Å². The van der Waals surface area contributed by atoms with Gasteiger partial charge in [0.25, 0.3) is 0 Å². The molecule has 0 aliphatic carbocycles. The second-order valence-electron chi connectivity index (χ2n) is 3.60. The number of halogens is 2. The van der Waals surface area contributed by atoms with Crippen molar-refractivity contribution in [2.45, 2.75) is 19.8 Å². The van der Waals surface area contributed by atoms with Gasteiger partial charge in [-0.25, -0.2) is 0 Å². The molecule has 1 aromatic carbocycles. The summed E-state index contributed by atoms with van der Waals surface area (Å²) in [6.45, 7) is 3.13. The van der Waals surface area contributed by atoms with E-state index in [9.17, 15) is 0 Å². The minimum absolute atomic E-state index is 0.502. The number of rotatable bonds is 4. The lowest BCUT2D eigenvalue weighted by molar-refractivity contribution is 0.767. The average molecular weight is 247 g/mol. The van der Waals surface area contributed by atoms with E-state index < -0.39 is 0 Å². The fourth-order valence-corrected chi connectivity index (χ4v) is 1.73. The first kappa shape index (κ1) is 12.5. The Morgan fingerprint density at radius 1 is 1.27 bits per heavy atom. The van der Waals surface area contributed by atoms with Crippen LogP contribution in [0.15, 0.2) is 12.1 Å². The van der Waals surface area contributed by atoms with Gasteiger partial charge in [0.15, 0.2) is 0 Å². The van der Waals surface area contributed by atoms with Crippen LogP contribution >= 0.6 is 23.2 Å². The first-order chi connectivity index (χ1) is 7.06. The summed E-state index contributed by atoms with van der Waals surface area (Å²) in [6, 6.07) is 3.51. The largest absolute Gasteiger partial charge is 0.397 e. The maximum absolute atomic E-state index is 5.95. The summed E-state index contributed by atoms with van der Waals surface area (Å²) in [6.07, 6.45) is 2.29. The van der Waals surface area contributed by atoms with Gasteiger partial charge in [0.1, 0.15) is 0 Å². The molecule has 0 aliphatic heterocycles. The Bertz CT molecular complexity index is 340. The monoisotopic (exact) mass is 246 g/mol. The summed E-state index contributed by atoms with van der Waals surface area (Å²) in [7, 11) is 2.01. The number of nitrogens with zero attached hydrogens (tertiary/aromatic N) is 1. The minimum Gasteiger partial charge on any atom is -0.397 e. The summed E-state index contributed by atoms with van der Waals surface area (Å²) < 4.78 is 0. The standard InChI is InChI=1S/C11H16Cl2N2/c1-3-4-5-15(2)11-7-9(13)8(12)6-10(11)14/h6-7H,3-5,14H2,1-2H3. The van der Waals surface area contributed by atoms with Crippen molar-refractivity contribution in [3.05, 3.63) is 22.2 Å².